The minimum atomic E-state index is -0.242. The van der Waals surface area contributed by atoms with E-state index in [1.165, 1.54) is 5.56 Å². The molecule has 1 N–H and O–H groups in total. The molecule has 0 aromatic heterocycles. The number of hydrogen-bond acceptors (Lipinski definition) is 3. The molecule has 1 aliphatic heterocycles. The van der Waals surface area contributed by atoms with Crippen molar-refractivity contribution in [2.24, 2.45) is 0 Å². The first-order chi connectivity index (χ1) is 7.67. The molecule has 0 saturated heterocycles. The summed E-state index contributed by atoms with van der Waals surface area (Å²) in [7, 11) is 1.65. The zero-order chi connectivity index (χ0) is 11.6. The zero-order valence-corrected chi connectivity index (χ0v) is 9.82. The molecule has 0 fully saturated rings. The zero-order valence-electron chi connectivity index (χ0n) is 9.82. The van der Waals surface area contributed by atoms with Gasteiger partial charge in [0.25, 0.3) is 0 Å². The van der Waals surface area contributed by atoms with Crippen molar-refractivity contribution in [3.8, 4) is 11.5 Å². The third kappa shape index (κ3) is 2.14. The van der Waals surface area contributed by atoms with Gasteiger partial charge in [0.2, 0.25) is 0 Å². The van der Waals surface area contributed by atoms with Crippen molar-refractivity contribution in [1.82, 2.24) is 0 Å². The molecule has 1 aromatic carbocycles. The fraction of sp³-hybridized carbons (Fsp3) is 0.538. The van der Waals surface area contributed by atoms with E-state index in [1.54, 1.807) is 7.11 Å². The molecule has 0 bridgehead atoms. The van der Waals surface area contributed by atoms with Crippen LogP contribution >= 0.6 is 0 Å². The third-order valence-corrected chi connectivity index (χ3v) is 3.19. The van der Waals surface area contributed by atoms with E-state index in [4.69, 9.17) is 14.6 Å². The maximum Gasteiger partial charge on any atom is 0.127 e. The summed E-state index contributed by atoms with van der Waals surface area (Å²) in [5.41, 5.74) is 0.977. The van der Waals surface area contributed by atoms with Crippen LogP contribution < -0.4 is 9.47 Å². The molecule has 1 aromatic rings. The van der Waals surface area contributed by atoms with E-state index in [-0.39, 0.29) is 12.2 Å². The minimum absolute atomic E-state index is 0.163. The van der Waals surface area contributed by atoms with E-state index < -0.39 is 0 Å². The maximum absolute atomic E-state index is 9.03. The first-order valence-electron chi connectivity index (χ1n) is 5.64. The second-order valence-corrected chi connectivity index (χ2v) is 4.50. The van der Waals surface area contributed by atoms with Gasteiger partial charge in [0.1, 0.15) is 17.1 Å². The fourth-order valence-electron chi connectivity index (χ4n) is 2.09. The predicted octanol–water partition coefficient (Wildman–Crippen LogP) is 2.16. The van der Waals surface area contributed by atoms with Gasteiger partial charge < -0.3 is 14.6 Å². The summed E-state index contributed by atoms with van der Waals surface area (Å²) in [4.78, 5) is 0. The second-order valence-electron chi connectivity index (χ2n) is 4.50. The molecule has 0 aliphatic carbocycles. The lowest BCUT2D eigenvalue weighted by atomic mass is 9.90. The number of aryl methyl sites for hydroxylation is 1. The van der Waals surface area contributed by atoms with Crippen molar-refractivity contribution in [3.63, 3.8) is 0 Å². The van der Waals surface area contributed by atoms with Crippen LogP contribution in [0.1, 0.15) is 25.3 Å². The normalized spacial score (nSPS) is 23.4. The van der Waals surface area contributed by atoms with Gasteiger partial charge in [0.15, 0.2) is 0 Å². The lowest BCUT2D eigenvalue weighted by Gasteiger charge is -2.35. The lowest BCUT2D eigenvalue weighted by Crippen LogP contribution is -2.37. The molecule has 1 atom stereocenters. The average molecular weight is 222 g/mol. The predicted molar refractivity (Wildman–Crippen MR) is 62.1 cm³/mol. The van der Waals surface area contributed by atoms with Gasteiger partial charge in [-0.2, -0.15) is 0 Å². The maximum atomic E-state index is 9.03. The highest BCUT2D eigenvalue weighted by atomic mass is 16.5. The van der Waals surface area contributed by atoms with E-state index in [2.05, 4.69) is 0 Å². The summed E-state index contributed by atoms with van der Waals surface area (Å²) in [5.74, 6) is 1.70. The number of methoxy groups -OCH3 is 1. The molecule has 3 heteroatoms. The van der Waals surface area contributed by atoms with Crippen LogP contribution in [0.5, 0.6) is 11.5 Å². The van der Waals surface area contributed by atoms with Crippen LogP contribution in [0.3, 0.4) is 0 Å². The summed E-state index contributed by atoms with van der Waals surface area (Å²) >= 11 is 0. The molecule has 0 amide bonds. The van der Waals surface area contributed by atoms with Crippen LogP contribution in [0.15, 0.2) is 18.2 Å². The van der Waals surface area contributed by atoms with Crippen molar-refractivity contribution < 1.29 is 14.6 Å². The molecular weight excluding hydrogens is 204 g/mol. The molecule has 2 rings (SSSR count). The standard InChI is InChI=1S/C13H18O3/c1-13(7-8-14)6-5-10-3-4-11(15-2)9-12(10)16-13/h3-4,9,14H,5-8H2,1-2H3. The topological polar surface area (TPSA) is 38.7 Å². The van der Waals surface area contributed by atoms with Gasteiger partial charge in [-0.3, -0.25) is 0 Å². The van der Waals surface area contributed by atoms with Crippen molar-refractivity contribution in [3.05, 3.63) is 23.8 Å². The van der Waals surface area contributed by atoms with Crippen LogP contribution in [0.2, 0.25) is 0 Å². The number of ether oxygens (including phenoxy) is 2. The lowest BCUT2D eigenvalue weighted by molar-refractivity contribution is 0.0387. The number of fused-ring (bicyclic) bond motifs is 1. The van der Waals surface area contributed by atoms with E-state index in [9.17, 15) is 0 Å². The van der Waals surface area contributed by atoms with Crippen molar-refractivity contribution in [2.45, 2.75) is 31.8 Å². The summed E-state index contributed by atoms with van der Waals surface area (Å²) < 4.78 is 11.1. The summed E-state index contributed by atoms with van der Waals surface area (Å²) in [6, 6.07) is 5.92. The van der Waals surface area contributed by atoms with Gasteiger partial charge in [-0.05, 0) is 31.4 Å². The number of aliphatic hydroxyl groups is 1. The van der Waals surface area contributed by atoms with Crippen LogP contribution in [0, 0.1) is 0 Å². The van der Waals surface area contributed by atoms with E-state index in [1.807, 2.05) is 25.1 Å². The van der Waals surface area contributed by atoms with E-state index in [0.29, 0.717) is 6.42 Å². The molecule has 0 spiro atoms. The molecular formula is C13H18O3. The number of aliphatic hydroxyl groups excluding tert-OH is 1. The fourth-order valence-corrected chi connectivity index (χ4v) is 2.09. The first kappa shape index (κ1) is 11.3. The van der Waals surface area contributed by atoms with Gasteiger partial charge in [-0.25, -0.2) is 0 Å². The Bertz CT molecular complexity index is 375. The summed E-state index contributed by atoms with van der Waals surface area (Å²) in [5, 5.41) is 9.03. The Kier molecular flexibility index (Phi) is 3.06. The Balaban J connectivity index is 2.24. The summed E-state index contributed by atoms with van der Waals surface area (Å²) in [6.07, 6.45) is 2.62. The van der Waals surface area contributed by atoms with Crippen molar-refractivity contribution >= 4 is 0 Å². The smallest absolute Gasteiger partial charge is 0.127 e. The summed E-state index contributed by atoms with van der Waals surface area (Å²) in [6.45, 7) is 2.21. The molecule has 0 radical (unpaired) electrons. The number of rotatable bonds is 3. The van der Waals surface area contributed by atoms with Gasteiger partial charge in [-0.15, -0.1) is 0 Å². The first-order valence-corrected chi connectivity index (χ1v) is 5.64. The minimum Gasteiger partial charge on any atom is -0.497 e. The van der Waals surface area contributed by atoms with Gasteiger partial charge >= 0.3 is 0 Å². The Morgan fingerprint density at radius 3 is 3.00 bits per heavy atom. The third-order valence-electron chi connectivity index (χ3n) is 3.19. The average Bonchev–Trinajstić information content (AvgIpc) is 2.28. The quantitative estimate of drug-likeness (QED) is 0.851. The molecule has 3 nitrogen and oxygen atoms in total. The van der Waals surface area contributed by atoms with E-state index >= 15 is 0 Å². The Labute approximate surface area is 96.0 Å². The van der Waals surface area contributed by atoms with Crippen LogP contribution in [0.4, 0.5) is 0 Å². The van der Waals surface area contributed by atoms with Gasteiger partial charge in [-0.1, -0.05) is 6.07 Å². The SMILES string of the molecule is COc1ccc2c(c1)OC(C)(CCO)CC2. The highest BCUT2D eigenvalue weighted by Gasteiger charge is 2.31. The molecule has 0 saturated carbocycles. The molecule has 88 valence electrons. The monoisotopic (exact) mass is 222 g/mol. The Morgan fingerprint density at radius 1 is 1.50 bits per heavy atom. The molecule has 1 unspecified atom stereocenters. The van der Waals surface area contributed by atoms with Crippen molar-refractivity contribution in [1.29, 1.82) is 0 Å². The molecule has 1 heterocycles. The van der Waals surface area contributed by atoms with Crippen LogP contribution in [-0.2, 0) is 6.42 Å². The number of benzene rings is 1. The Morgan fingerprint density at radius 2 is 2.31 bits per heavy atom. The number of hydrogen-bond donors (Lipinski definition) is 1. The highest BCUT2D eigenvalue weighted by molar-refractivity contribution is 5.42. The van der Waals surface area contributed by atoms with Gasteiger partial charge in [0.05, 0.1) is 7.11 Å². The second kappa shape index (κ2) is 4.34. The van der Waals surface area contributed by atoms with Gasteiger partial charge in [0, 0.05) is 19.1 Å². The molecule has 16 heavy (non-hydrogen) atoms. The largest absolute Gasteiger partial charge is 0.497 e. The van der Waals surface area contributed by atoms with E-state index in [0.717, 1.165) is 24.3 Å². The highest BCUT2D eigenvalue weighted by Crippen LogP contribution is 2.36. The van der Waals surface area contributed by atoms with Crippen LogP contribution in [0.25, 0.3) is 0 Å². The van der Waals surface area contributed by atoms with Crippen molar-refractivity contribution in [2.75, 3.05) is 13.7 Å². The molecule has 1 aliphatic rings. The van der Waals surface area contributed by atoms with Crippen LogP contribution in [-0.4, -0.2) is 24.4 Å². The Hall–Kier alpha value is -1.22.